The predicted molar refractivity (Wildman–Crippen MR) is 85.0 cm³/mol. The lowest BCUT2D eigenvalue weighted by Crippen LogP contribution is -2.31. The summed E-state index contributed by atoms with van der Waals surface area (Å²) in [6.07, 6.45) is 1.24. The van der Waals surface area contributed by atoms with Crippen LogP contribution >= 0.6 is 0 Å². The lowest BCUT2D eigenvalue weighted by Gasteiger charge is -2.21. The SMILES string of the molecule is CCN(CCCN(C)C)CCNc1ccc(C)cc1. The first kappa shape index (κ1) is 16.0. The zero-order valence-electron chi connectivity index (χ0n) is 12.9. The van der Waals surface area contributed by atoms with E-state index in [4.69, 9.17) is 0 Å². The number of likely N-dealkylation sites (N-methyl/N-ethyl adjacent to an activating group) is 1. The Morgan fingerprint density at radius 1 is 1.00 bits per heavy atom. The summed E-state index contributed by atoms with van der Waals surface area (Å²) in [6.45, 7) is 9.96. The van der Waals surface area contributed by atoms with Crippen LogP contribution in [0.5, 0.6) is 0 Å². The average Bonchev–Trinajstić information content (AvgIpc) is 2.39. The van der Waals surface area contributed by atoms with Crippen LogP contribution in [0.25, 0.3) is 0 Å². The zero-order valence-corrected chi connectivity index (χ0v) is 12.9. The second-order valence-electron chi connectivity index (χ2n) is 5.38. The van der Waals surface area contributed by atoms with Gasteiger partial charge in [-0.15, -0.1) is 0 Å². The van der Waals surface area contributed by atoms with E-state index in [0.717, 1.165) is 19.6 Å². The molecule has 0 aliphatic heterocycles. The maximum absolute atomic E-state index is 3.48. The molecular weight excluding hydrogens is 234 g/mol. The zero-order chi connectivity index (χ0) is 14.1. The third-order valence-electron chi connectivity index (χ3n) is 3.34. The molecule has 0 aliphatic carbocycles. The molecule has 1 N–H and O–H groups in total. The highest BCUT2D eigenvalue weighted by molar-refractivity contribution is 5.44. The van der Waals surface area contributed by atoms with Gasteiger partial charge in [0.05, 0.1) is 0 Å². The normalized spacial score (nSPS) is 11.3. The summed E-state index contributed by atoms with van der Waals surface area (Å²) in [7, 11) is 4.27. The van der Waals surface area contributed by atoms with Crippen LogP contribution < -0.4 is 5.32 Å². The summed E-state index contributed by atoms with van der Waals surface area (Å²) in [5.41, 5.74) is 2.53. The van der Waals surface area contributed by atoms with E-state index < -0.39 is 0 Å². The molecule has 3 nitrogen and oxygen atoms in total. The number of nitrogens with one attached hydrogen (secondary N) is 1. The molecular formula is C16H29N3. The number of hydrogen-bond donors (Lipinski definition) is 1. The van der Waals surface area contributed by atoms with Gasteiger partial charge < -0.3 is 15.1 Å². The molecule has 108 valence electrons. The van der Waals surface area contributed by atoms with Crippen molar-refractivity contribution in [2.24, 2.45) is 0 Å². The van der Waals surface area contributed by atoms with Crippen LogP contribution in [-0.2, 0) is 0 Å². The molecule has 0 spiro atoms. The molecule has 0 bridgehead atoms. The third kappa shape index (κ3) is 7.19. The van der Waals surface area contributed by atoms with Gasteiger partial charge in [-0.1, -0.05) is 24.6 Å². The summed E-state index contributed by atoms with van der Waals surface area (Å²) in [4.78, 5) is 4.75. The van der Waals surface area contributed by atoms with Crippen LogP contribution in [0.4, 0.5) is 5.69 Å². The molecule has 0 aliphatic rings. The molecule has 0 unspecified atom stereocenters. The number of rotatable bonds is 9. The standard InChI is InChI=1S/C16H29N3/c1-5-19(13-6-12-18(3)4)14-11-17-16-9-7-15(2)8-10-16/h7-10,17H,5-6,11-14H2,1-4H3. The molecule has 0 amide bonds. The number of nitrogens with zero attached hydrogens (tertiary/aromatic N) is 2. The number of hydrogen-bond acceptors (Lipinski definition) is 3. The Labute approximate surface area is 118 Å². The van der Waals surface area contributed by atoms with Gasteiger partial charge in [-0.3, -0.25) is 0 Å². The van der Waals surface area contributed by atoms with Crippen LogP contribution in [-0.4, -0.2) is 56.6 Å². The summed E-state index contributed by atoms with van der Waals surface area (Å²) in [5.74, 6) is 0. The van der Waals surface area contributed by atoms with Crippen molar-refractivity contribution in [2.45, 2.75) is 20.3 Å². The van der Waals surface area contributed by atoms with Crippen LogP contribution in [0.1, 0.15) is 18.9 Å². The highest BCUT2D eigenvalue weighted by Gasteiger charge is 2.02. The first-order valence-electron chi connectivity index (χ1n) is 7.29. The van der Waals surface area contributed by atoms with Crippen LogP contribution in [0.3, 0.4) is 0 Å². The second kappa shape index (κ2) is 8.94. The fraction of sp³-hybridized carbons (Fsp3) is 0.625. The first-order chi connectivity index (χ1) is 9.11. The Morgan fingerprint density at radius 2 is 1.68 bits per heavy atom. The van der Waals surface area contributed by atoms with Gasteiger partial charge in [0.15, 0.2) is 0 Å². The molecule has 0 fully saturated rings. The Kier molecular flexibility index (Phi) is 7.53. The van der Waals surface area contributed by atoms with Crippen LogP contribution in [0.15, 0.2) is 24.3 Å². The molecule has 1 aromatic rings. The Morgan fingerprint density at radius 3 is 2.26 bits per heavy atom. The van der Waals surface area contributed by atoms with E-state index in [1.807, 2.05) is 0 Å². The maximum Gasteiger partial charge on any atom is 0.0340 e. The number of aryl methyl sites for hydroxylation is 1. The maximum atomic E-state index is 3.48. The van der Waals surface area contributed by atoms with Crippen molar-refractivity contribution >= 4 is 5.69 Å². The molecule has 19 heavy (non-hydrogen) atoms. The van der Waals surface area contributed by atoms with Gasteiger partial charge in [0.1, 0.15) is 0 Å². The molecule has 1 rings (SSSR count). The fourth-order valence-corrected chi connectivity index (χ4v) is 2.07. The minimum atomic E-state index is 1.01. The molecule has 1 aromatic carbocycles. The average molecular weight is 263 g/mol. The van der Waals surface area contributed by atoms with E-state index >= 15 is 0 Å². The van der Waals surface area contributed by atoms with Crippen molar-refractivity contribution in [3.8, 4) is 0 Å². The van der Waals surface area contributed by atoms with E-state index in [0.29, 0.717) is 0 Å². The number of anilines is 1. The molecule has 0 radical (unpaired) electrons. The largest absolute Gasteiger partial charge is 0.384 e. The Hall–Kier alpha value is -1.06. The van der Waals surface area contributed by atoms with Gasteiger partial charge in [0.2, 0.25) is 0 Å². The van der Waals surface area contributed by atoms with Crippen molar-refractivity contribution in [2.75, 3.05) is 52.1 Å². The van der Waals surface area contributed by atoms with E-state index in [9.17, 15) is 0 Å². The highest BCUT2D eigenvalue weighted by atomic mass is 15.1. The molecule has 0 aromatic heterocycles. The minimum Gasteiger partial charge on any atom is -0.384 e. The molecule has 3 heteroatoms. The highest BCUT2D eigenvalue weighted by Crippen LogP contribution is 2.07. The quantitative estimate of drug-likeness (QED) is 0.739. The van der Waals surface area contributed by atoms with Gasteiger partial charge in [-0.2, -0.15) is 0 Å². The van der Waals surface area contributed by atoms with Crippen molar-refractivity contribution < 1.29 is 0 Å². The first-order valence-corrected chi connectivity index (χ1v) is 7.29. The summed E-state index contributed by atoms with van der Waals surface area (Å²) in [5, 5.41) is 3.48. The van der Waals surface area contributed by atoms with Gasteiger partial charge in [-0.25, -0.2) is 0 Å². The van der Waals surface area contributed by atoms with Crippen molar-refractivity contribution in [1.82, 2.24) is 9.80 Å². The lowest BCUT2D eigenvalue weighted by molar-refractivity contribution is 0.275. The van der Waals surface area contributed by atoms with Gasteiger partial charge in [0.25, 0.3) is 0 Å². The van der Waals surface area contributed by atoms with Crippen LogP contribution in [0, 0.1) is 6.92 Å². The van der Waals surface area contributed by atoms with E-state index in [1.54, 1.807) is 0 Å². The topological polar surface area (TPSA) is 18.5 Å². The Balaban J connectivity index is 2.20. The van der Waals surface area contributed by atoms with Crippen LogP contribution in [0.2, 0.25) is 0 Å². The van der Waals surface area contributed by atoms with Crippen molar-refractivity contribution in [3.05, 3.63) is 29.8 Å². The second-order valence-corrected chi connectivity index (χ2v) is 5.38. The van der Waals surface area contributed by atoms with Gasteiger partial charge in [-0.05, 0) is 59.2 Å². The Bertz CT molecular complexity index is 332. The molecule has 0 saturated heterocycles. The molecule has 0 heterocycles. The summed E-state index contributed by atoms with van der Waals surface area (Å²) in [6, 6.07) is 8.60. The van der Waals surface area contributed by atoms with Crippen molar-refractivity contribution in [1.29, 1.82) is 0 Å². The van der Waals surface area contributed by atoms with E-state index in [2.05, 4.69) is 67.3 Å². The fourth-order valence-electron chi connectivity index (χ4n) is 2.07. The van der Waals surface area contributed by atoms with Crippen molar-refractivity contribution in [3.63, 3.8) is 0 Å². The molecule has 0 atom stereocenters. The third-order valence-corrected chi connectivity index (χ3v) is 3.34. The lowest BCUT2D eigenvalue weighted by atomic mass is 10.2. The predicted octanol–water partition coefficient (Wildman–Crippen LogP) is 2.68. The smallest absolute Gasteiger partial charge is 0.0340 e. The van der Waals surface area contributed by atoms with Gasteiger partial charge >= 0.3 is 0 Å². The monoisotopic (exact) mass is 263 g/mol. The summed E-state index contributed by atoms with van der Waals surface area (Å²) >= 11 is 0. The summed E-state index contributed by atoms with van der Waals surface area (Å²) < 4.78 is 0. The van der Waals surface area contributed by atoms with Gasteiger partial charge in [0, 0.05) is 18.8 Å². The minimum absolute atomic E-state index is 1.01. The van der Waals surface area contributed by atoms with E-state index in [1.165, 1.54) is 30.8 Å². The van der Waals surface area contributed by atoms with E-state index in [-0.39, 0.29) is 0 Å². The molecule has 0 saturated carbocycles. The number of benzene rings is 1.